The highest BCUT2D eigenvalue weighted by atomic mass is 16.6. The third-order valence-corrected chi connectivity index (χ3v) is 2.14. The SMILES string of the molecule is CCCCCCOCC(O)OCCOCC. The second kappa shape index (κ2) is 12.9. The van der Waals surface area contributed by atoms with Crippen molar-refractivity contribution in [2.75, 3.05) is 33.0 Å². The number of aliphatic hydroxyl groups excluding tert-OH is 1. The van der Waals surface area contributed by atoms with Gasteiger partial charge in [0.25, 0.3) is 0 Å². The lowest BCUT2D eigenvalue weighted by Crippen LogP contribution is -2.21. The lowest BCUT2D eigenvalue weighted by atomic mass is 10.2. The van der Waals surface area contributed by atoms with Gasteiger partial charge in [-0.2, -0.15) is 0 Å². The van der Waals surface area contributed by atoms with Gasteiger partial charge in [0, 0.05) is 13.2 Å². The fourth-order valence-electron chi connectivity index (χ4n) is 1.25. The topological polar surface area (TPSA) is 47.9 Å². The molecule has 1 N–H and O–H groups in total. The van der Waals surface area contributed by atoms with Gasteiger partial charge in [0.1, 0.15) is 0 Å². The van der Waals surface area contributed by atoms with Gasteiger partial charge in [-0.1, -0.05) is 26.2 Å². The van der Waals surface area contributed by atoms with Crippen LogP contribution in [0.4, 0.5) is 0 Å². The summed E-state index contributed by atoms with van der Waals surface area (Å²) in [7, 11) is 0. The Bertz CT molecular complexity index is 130. The molecule has 0 saturated carbocycles. The average Bonchev–Trinajstić information content (AvgIpc) is 2.29. The Balaban J connectivity index is 3.08. The van der Waals surface area contributed by atoms with Crippen molar-refractivity contribution in [3.63, 3.8) is 0 Å². The van der Waals surface area contributed by atoms with E-state index in [-0.39, 0.29) is 6.61 Å². The van der Waals surface area contributed by atoms with Crippen LogP contribution in [0.15, 0.2) is 0 Å². The maximum Gasteiger partial charge on any atom is 0.178 e. The average molecular weight is 234 g/mol. The minimum atomic E-state index is -0.827. The van der Waals surface area contributed by atoms with Crippen molar-refractivity contribution in [3.05, 3.63) is 0 Å². The third-order valence-electron chi connectivity index (χ3n) is 2.14. The molecule has 1 unspecified atom stereocenters. The first-order valence-electron chi connectivity index (χ1n) is 6.26. The summed E-state index contributed by atoms with van der Waals surface area (Å²) >= 11 is 0. The molecule has 16 heavy (non-hydrogen) atoms. The molecule has 4 nitrogen and oxygen atoms in total. The van der Waals surface area contributed by atoms with Crippen LogP contribution in [-0.4, -0.2) is 44.4 Å². The van der Waals surface area contributed by atoms with E-state index in [2.05, 4.69) is 6.92 Å². The summed E-state index contributed by atoms with van der Waals surface area (Å²) in [4.78, 5) is 0. The van der Waals surface area contributed by atoms with Gasteiger partial charge in [-0.15, -0.1) is 0 Å². The van der Waals surface area contributed by atoms with Gasteiger partial charge >= 0.3 is 0 Å². The zero-order valence-corrected chi connectivity index (χ0v) is 10.6. The lowest BCUT2D eigenvalue weighted by Gasteiger charge is -2.12. The van der Waals surface area contributed by atoms with E-state index in [0.717, 1.165) is 6.42 Å². The number of ether oxygens (including phenoxy) is 3. The smallest absolute Gasteiger partial charge is 0.178 e. The van der Waals surface area contributed by atoms with Gasteiger partial charge in [-0.25, -0.2) is 0 Å². The fraction of sp³-hybridized carbons (Fsp3) is 1.00. The zero-order valence-electron chi connectivity index (χ0n) is 10.6. The molecule has 1 atom stereocenters. The second-order valence-corrected chi connectivity index (χ2v) is 3.66. The highest BCUT2D eigenvalue weighted by Crippen LogP contribution is 1.99. The molecule has 4 heteroatoms. The Labute approximate surface area is 98.9 Å². The molecular weight excluding hydrogens is 208 g/mol. The third kappa shape index (κ3) is 11.9. The van der Waals surface area contributed by atoms with Crippen LogP contribution < -0.4 is 0 Å². The molecule has 0 heterocycles. The first-order valence-corrected chi connectivity index (χ1v) is 6.26. The summed E-state index contributed by atoms with van der Waals surface area (Å²) in [6.45, 7) is 6.66. The van der Waals surface area contributed by atoms with Crippen LogP contribution in [0, 0.1) is 0 Å². The number of unbranched alkanes of at least 4 members (excludes halogenated alkanes) is 3. The molecule has 0 aliphatic heterocycles. The van der Waals surface area contributed by atoms with Crippen molar-refractivity contribution in [2.24, 2.45) is 0 Å². The highest BCUT2D eigenvalue weighted by Gasteiger charge is 2.03. The van der Waals surface area contributed by atoms with E-state index in [9.17, 15) is 5.11 Å². The van der Waals surface area contributed by atoms with Crippen molar-refractivity contribution < 1.29 is 19.3 Å². The van der Waals surface area contributed by atoms with Crippen molar-refractivity contribution in [2.45, 2.75) is 45.8 Å². The van der Waals surface area contributed by atoms with Crippen LogP contribution in [0.1, 0.15) is 39.5 Å². The van der Waals surface area contributed by atoms with Crippen LogP contribution >= 0.6 is 0 Å². The summed E-state index contributed by atoms with van der Waals surface area (Å²) in [5.74, 6) is 0. The molecule has 0 spiro atoms. The number of hydrogen-bond acceptors (Lipinski definition) is 4. The Morgan fingerprint density at radius 1 is 0.938 bits per heavy atom. The molecular formula is C12H26O4. The molecule has 0 saturated heterocycles. The van der Waals surface area contributed by atoms with Gasteiger partial charge in [0.05, 0.1) is 19.8 Å². The van der Waals surface area contributed by atoms with E-state index in [0.29, 0.717) is 26.4 Å². The van der Waals surface area contributed by atoms with Gasteiger partial charge in [0.2, 0.25) is 0 Å². The van der Waals surface area contributed by atoms with Gasteiger partial charge < -0.3 is 19.3 Å². The standard InChI is InChI=1S/C12H26O4/c1-3-5-6-7-8-15-11-12(13)16-10-9-14-4-2/h12-13H,3-11H2,1-2H3. The Hall–Kier alpha value is -0.160. The number of rotatable bonds is 12. The normalized spacial score (nSPS) is 12.9. The Morgan fingerprint density at radius 2 is 1.75 bits per heavy atom. The predicted octanol–water partition coefficient (Wildman–Crippen LogP) is 1.95. The summed E-state index contributed by atoms with van der Waals surface area (Å²) in [6.07, 6.45) is 3.89. The van der Waals surface area contributed by atoms with Crippen molar-refractivity contribution in [1.82, 2.24) is 0 Å². The molecule has 98 valence electrons. The van der Waals surface area contributed by atoms with Gasteiger partial charge in [-0.05, 0) is 13.3 Å². The van der Waals surface area contributed by atoms with E-state index < -0.39 is 6.29 Å². The van der Waals surface area contributed by atoms with E-state index in [1.54, 1.807) is 0 Å². The lowest BCUT2D eigenvalue weighted by molar-refractivity contribution is -0.145. The zero-order chi connectivity index (χ0) is 12.1. The van der Waals surface area contributed by atoms with Crippen LogP contribution in [0.2, 0.25) is 0 Å². The Morgan fingerprint density at radius 3 is 2.44 bits per heavy atom. The largest absolute Gasteiger partial charge is 0.379 e. The van der Waals surface area contributed by atoms with Crippen LogP contribution in [-0.2, 0) is 14.2 Å². The van der Waals surface area contributed by atoms with Crippen LogP contribution in [0.25, 0.3) is 0 Å². The molecule has 0 bridgehead atoms. The molecule has 0 aromatic heterocycles. The molecule has 0 aliphatic carbocycles. The van der Waals surface area contributed by atoms with Crippen molar-refractivity contribution in [1.29, 1.82) is 0 Å². The minimum absolute atomic E-state index is 0.248. The minimum Gasteiger partial charge on any atom is -0.379 e. The van der Waals surface area contributed by atoms with Crippen LogP contribution in [0.5, 0.6) is 0 Å². The number of aliphatic hydroxyl groups is 1. The maximum atomic E-state index is 9.35. The fourth-order valence-corrected chi connectivity index (χ4v) is 1.25. The van der Waals surface area contributed by atoms with E-state index in [4.69, 9.17) is 14.2 Å². The molecule has 0 aromatic rings. The maximum absolute atomic E-state index is 9.35. The van der Waals surface area contributed by atoms with Gasteiger partial charge in [0.15, 0.2) is 6.29 Å². The predicted molar refractivity (Wildman–Crippen MR) is 63.4 cm³/mol. The van der Waals surface area contributed by atoms with Gasteiger partial charge in [-0.3, -0.25) is 0 Å². The number of hydrogen-bond donors (Lipinski definition) is 1. The highest BCUT2D eigenvalue weighted by molar-refractivity contribution is 4.42. The summed E-state index contributed by atoms with van der Waals surface area (Å²) in [5, 5.41) is 9.35. The molecule has 0 aliphatic rings. The first-order chi connectivity index (χ1) is 7.81. The molecule has 0 amide bonds. The quantitative estimate of drug-likeness (QED) is 0.414. The second-order valence-electron chi connectivity index (χ2n) is 3.66. The Kier molecular flexibility index (Phi) is 12.8. The molecule has 0 radical (unpaired) electrons. The van der Waals surface area contributed by atoms with E-state index in [1.807, 2.05) is 6.92 Å². The summed E-state index contributed by atoms with van der Waals surface area (Å²) in [5.41, 5.74) is 0. The van der Waals surface area contributed by atoms with E-state index >= 15 is 0 Å². The summed E-state index contributed by atoms with van der Waals surface area (Å²) in [6, 6.07) is 0. The molecule has 0 fully saturated rings. The summed E-state index contributed by atoms with van der Waals surface area (Å²) < 4.78 is 15.4. The first kappa shape index (κ1) is 15.8. The molecule has 0 aromatic carbocycles. The van der Waals surface area contributed by atoms with Crippen molar-refractivity contribution >= 4 is 0 Å². The van der Waals surface area contributed by atoms with Crippen LogP contribution in [0.3, 0.4) is 0 Å². The monoisotopic (exact) mass is 234 g/mol. The van der Waals surface area contributed by atoms with E-state index in [1.165, 1.54) is 19.3 Å². The molecule has 0 rings (SSSR count). The van der Waals surface area contributed by atoms with Crippen molar-refractivity contribution in [3.8, 4) is 0 Å².